The van der Waals surface area contributed by atoms with E-state index in [1.54, 1.807) is 0 Å². The van der Waals surface area contributed by atoms with Crippen molar-refractivity contribution in [3.05, 3.63) is 47.9 Å². The Labute approximate surface area is 126 Å². The Bertz CT molecular complexity index is 664. The summed E-state index contributed by atoms with van der Waals surface area (Å²) in [5, 5.41) is 5.42. The summed E-state index contributed by atoms with van der Waals surface area (Å²) in [5.74, 6) is -1.62. The number of nitrogens with one attached hydrogen (secondary N) is 2. The molecule has 1 amide bonds. The Balaban J connectivity index is 2.07. The number of anilines is 2. The molecule has 7 heteroatoms. The largest absolute Gasteiger partial charge is 0.370 e. The van der Waals surface area contributed by atoms with Gasteiger partial charge in [-0.2, -0.15) is 0 Å². The lowest BCUT2D eigenvalue weighted by molar-refractivity contribution is 0.102. The zero-order chi connectivity index (χ0) is 15.9. The minimum atomic E-state index is -0.844. The Morgan fingerprint density at radius 2 is 2.05 bits per heavy atom. The minimum absolute atomic E-state index is 0.0951. The van der Waals surface area contributed by atoms with Crippen LogP contribution in [0.2, 0.25) is 0 Å². The fourth-order valence-corrected chi connectivity index (χ4v) is 1.75. The number of hydrogen-bond donors (Lipinski definition) is 2. The van der Waals surface area contributed by atoms with E-state index in [1.807, 2.05) is 0 Å². The highest BCUT2D eigenvalue weighted by Crippen LogP contribution is 2.16. The zero-order valence-corrected chi connectivity index (χ0v) is 12.1. The molecule has 0 aliphatic heterocycles. The number of halogens is 2. The van der Waals surface area contributed by atoms with Crippen LogP contribution in [-0.4, -0.2) is 22.4 Å². The van der Waals surface area contributed by atoms with Crippen LogP contribution < -0.4 is 10.6 Å². The second-order valence-corrected chi connectivity index (χ2v) is 4.65. The van der Waals surface area contributed by atoms with Crippen molar-refractivity contribution in [2.24, 2.45) is 0 Å². The number of amides is 1. The first kappa shape index (κ1) is 15.8. The molecular weight excluding hydrogens is 290 g/mol. The molecule has 0 aliphatic rings. The highest BCUT2D eigenvalue weighted by Gasteiger charge is 2.12. The van der Waals surface area contributed by atoms with Gasteiger partial charge in [0.15, 0.2) is 0 Å². The number of carbonyl (C=O) groups is 1. The van der Waals surface area contributed by atoms with E-state index in [2.05, 4.69) is 27.5 Å². The van der Waals surface area contributed by atoms with Crippen molar-refractivity contribution in [3.63, 3.8) is 0 Å². The van der Waals surface area contributed by atoms with Crippen molar-refractivity contribution in [1.29, 1.82) is 0 Å². The molecule has 1 aromatic heterocycles. The van der Waals surface area contributed by atoms with Crippen molar-refractivity contribution < 1.29 is 13.6 Å². The van der Waals surface area contributed by atoms with Crippen LogP contribution in [-0.2, 0) is 0 Å². The van der Waals surface area contributed by atoms with Crippen LogP contribution in [0.25, 0.3) is 0 Å². The maximum absolute atomic E-state index is 13.5. The van der Waals surface area contributed by atoms with E-state index in [1.165, 1.54) is 12.4 Å². The molecule has 0 fully saturated rings. The number of aromatic nitrogens is 2. The molecule has 0 spiro atoms. The molecule has 0 saturated carbocycles. The molecule has 22 heavy (non-hydrogen) atoms. The molecule has 5 nitrogen and oxygen atoms in total. The van der Waals surface area contributed by atoms with Crippen molar-refractivity contribution in [2.45, 2.75) is 19.8 Å². The summed E-state index contributed by atoms with van der Waals surface area (Å²) < 4.78 is 26.3. The molecule has 0 atom stereocenters. The van der Waals surface area contributed by atoms with Crippen molar-refractivity contribution in [2.75, 3.05) is 17.2 Å². The topological polar surface area (TPSA) is 66.9 Å². The van der Waals surface area contributed by atoms with E-state index >= 15 is 0 Å². The number of nitrogens with zero attached hydrogens (tertiary/aromatic N) is 2. The molecule has 0 unspecified atom stereocenters. The van der Waals surface area contributed by atoms with Crippen molar-refractivity contribution in [3.8, 4) is 0 Å². The third-order valence-corrected chi connectivity index (χ3v) is 2.92. The van der Waals surface area contributed by atoms with Gasteiger partial charge in [0.25, 0.3) is 5.91 Å². The summed E-state index contributed by atoms with van der Waals surface area (Å²) in [6.07, 6.45) is 3.27. The predicted molar refractivity (Wildman–Crippen MR) is 79.7 cm³/mol. The molecular formula is C15H16F2N4O. The van der Waals surface area contributed by atoms with Crippen LogP contribution in [0.5, 0.6) is 0 Å². The maximum Gasteiger partial charge on any atom is 0.274 e. The van der Waals surface area contributed by atoms with Gasteiger partial charge in [0.2, 0.25) is 0 Å². The standard InChI is InChI=1S/C15H16F2N4O/c1-2-3-6-18-14-8-13(19-9-20-14)15(22)21-12-5-4-10(16)7-11(12)17/h4-5,7-9H,2-3,6H2,1H3,(H,21,22)(H,18,19,20). The van der Waals surface area contributed by atoms with Crippen LogP contribution in [0.4, 0.5) is 20.3 Å². The predicted octanol–water partition coefficient (Wildman–Crippen LogP) is 3.22. The SMILES string of the molecule is CCCCNc1cc(C(=O)Nc2ccc(F)cc2F)ncn1. The van der Waals surface area contributed by atoms with Gasteiger partial charge in [-0.15, -0.1) is 0 Å². The third kappa shape index (κ3) is 4.21. The van der Waals surface area contributed by atoms with Crippen LogP contribution in [0.15, 0.2) is 30.6 Å². The number of rotatable bonds is 6. The second kappa shape index (κ2) is 7.44. The quantitative estimate of drug-likeness (QED) is 0.804. The monoisotopic (exact) mass is 306 g/mol. The molecule has 0 radical (unpaired) electrons. The van der Waals surface area contributed by atoms with Crippen molar-refractivity contribution >= 4 is 17.4 Å². The molecule has 1 aromatic carbocycles. The fraction of sp³-hybridized carbons (Fsp3) is 0.267. The van der Waals surface area contributed by atoms with Crippen molar-refractivity contribution in [1.82, 2.24) is 9.97 Å². The van der Waals surface area contributed by atoms with E-state index in [0.29, 0.717) is 11.9 Å². The average molecular weight is 306 g/mol. The maximum atomic E-state index is 13.5. The molecule has 2 aromatic rings. The normalized spacial score (nSPS) is 10.3. The van der Waals surface area contributed by atoms with E-state index in [0.717, 1.165) is 31.5 Å². The van der Waals surface area contributed by atoms with Gasteiger partial charge in [0.05, 0.1) is 5.69 Å². The lowest BCUT2D eigenvalue weighted by atomic mass is 10.2. The number of benzene rings is 1. The van der Waals surface area contributed by atoms with Crippen LogP contribution in [0.3, 0.4) is 0 Å². The molecule has 2 rings (SSSR count). The smallest absolute Gasteiger partial charge is 0.274 e. The highest BCUT2D eigenvalue weighted by atomic mass is 19.1. The Hall–Kier alpha value is -2.57. The van der Waals surface area contributed by atoms with Crippen LogP contribution in [0.1, 0.15) is 30.3 Å². The molecule has 0 aliphatic carbocycles. The van der Waals surface area contributed by atoms with Gasteiger partial charge >= 0.3 is 0 Å². The fourth-order valence-electron chi connectivity index (χ4n) is 1.75. The summed E-state index contributed by atoms with van der Waals surface area (Å²) in [6.45, 7) is 2.80. The molecule has 2 N–H and O–H groups in total. The van der Waals surface area contributed by atoms with E-state index in [-0.39, 0.29) is 11.4 Å². The van der Waals surface area contributed by atoms with Gasteiger partial charge < -0.3 is 10.6 Å². The molecule has 116 valence electrons. The lowest BCUT2D eigenvalue weighted by Gasteiger charge is -2.08. The first-order chi connectivity index (χ1) is 10.6. The van der Waals surface area contributed by atoms with E-state index in [9.17, 15) is 13.6 Å². The minimum Gasteiger partial charge on any atom is -0.370 e. The average Bonchev–Trinajstić information content (AvgIpc) is 2.50. The number of carbonyl (C=O) groups excluding carboxylic acids is 1. The molecule has 0 saturated heterocycles. The van der Waals surface area contributed by atoms with Crippen LogP contribution in [0, 0.1) is 11.6 Å². The van der Waals surface area contributed by atoms with Gasteiger partial charge in [-0.05, 0) is 18.6 Å². The van der Waals surface area contributed by atoms with Gasteiger partial charge in [-0.1, -0.05) is 13.3 Å². The summed E-state index contributed by atoms with van der Waals surface area (Å²) in [4.78, 5) is 19.9. The first-order valence-corrected chi connectivity index (χ1v) is 6.92. The second-order valence-electron chi connectivity index (χ2n) is 4.65. The third-order valence-electron chi connectivity index (χ3n) is 2.92. The highest BCUT2D eigenvalue weighted by molar-refractivity contribution is 6.03. The first-order valence-electron chi connectivity index (χ1n) is 6.92. The lowest BCUT2D eigenvalue weighted by Crippen LogP contribution is -2.15. The molecule has 0 bridgehead atoms. The summed E-state index contributed by atoms with van der Waals surface area (Å²) in [6, 6.07) is 4.40. The van der Waals surface area contributed by atoms with Gasteiger partial charge in [0, 0.05) is 18.7 Å². The number of hydrogen-bond acceptors (Lipinski definition) is 4. The molecule has 1 heterocycles. The van der Waals surface area contributed by atoms with E-state index in [4.69, 9.17) is 0 Å². The van der Waals surface area contributed by atoms with Gasteiger partial charge in [-0.25, -0.2) is 18.7 Å². The summed E-state index contributed by atoms with van der Waals surface area (Å²) in [7, 11) is 0. The zero-order valence-electron chi connectivity index (χ0n) is 12.1. The van der Waals surface area contributed by atoms with Crippen LogP contribution >= 0.6 is 0 Å². The number of unbranched alkanes of at least 4 members (excludes halogenated alkanes) is 1. The summed E-state index contributed by atoms with van der Waals surface area (Å²) in [5.41, 5.74) is -0.0109. The Morgan fingerprint density at radius 3 is 2.77 bits per heavy atom. The van der Waals surface area contributed by atoms with E-state index < -0.39 is 17.5 Å². The van der Waals surface area contributed by atoms with Gasteiger partial charge in [0.1, 0.15) is 29.5 Å². The van der Waals surface area contributed by atoms with Gasteiger partial charge in [-0.3, -0.25) is 4.79 Å². The Morgan fingerprint density at radius 1 is 1.23 bits per heavy atom. The Kier molecular flexibility index (Phi) is 5.35. The summed E-state index contributed by atoms with van der Waals surface area (Å²) >= 11 is 0.